The molecule has 2 aromatic carbocycles. The fourth-order valence-corrected chi connectivity index (χ4v) is 2.44. The molecule has 0 aliphatic rings. The highest BCUT2D eigenvalue weighted by Gasteiger charge is 2.04. The number of rotatable bonds is 5. The quantitative estimate of drug-likeness (QED) is 0.721. The van der Waals surface area contributed by atoms with Crippen molar-refractivity contribution < 1.29 is 4.39 Å². The number of nitrogens with one attached hydrogen (secondary N) is 2. The summed E-state index contributed by atoms with van der Waals surface area (Å²) in [6, 6.07) is 14.7. The molecular formula is C19H19FN4. The Morgan fingerprint density at radius 2 is 1.75 bits per heavy atom. The molecule has 3 aromatic rings. The summed E-state index contributed by atoms with van der Waals surface area (Å²) in [6.07, 6.45) is 1.48. The third-order valence-electron chi connectivity index (χ3n) is 3.73. The summed E-state index contributed by atoms with van der Waals surface area (Å²) in [5, 5.41) is 6.40. The van der Waals surface area contributed by atoms with E-state index in [0.29, 0.717) is 23.7 Å². The maximum absolute atomic E-state index is 13.7. The Labute approximate surface area is 140 Å². The van der Waals surface area contributed by atoms with Crippen LogP contribution in [0.5, 0.6) is 0 Å². The maximum atomic E-state index is 13.7. The van der Waals surface area contributed by atoms with E-state index in [-0.39, 0.29) is 5.82 Å². The highest BCUT2D eigenvalue weighted by Crippen LogP contribution is 2.21. The number of halogens is 1. The van der Waals surface area contributed by atoms with Gasteiger partial charge in [-0.25, -0.2) is 14.4 Å². The molecule has 0 aliphatic carbocycles. The Morgan fingerprint density at radius 1 is 0.958 bits per heavy atom. The third-order valence-corrected chi connectivity index (χ3v) is 3.73. The van der Waals surface area contributed by atoms with E-state index in [4.69, 9.17) is 0 Å². The van der Waals surface area contributed by atoms with Crippen molar-refractivity contribution in [1.29, 1.82) is 0 Å². The van der Waals surface area contributed by atoms with Crippen LogP contribution in [0.1, 0.15) is 16.7 Å². The van der Waals surface area contributed by atoms with Crippen molar-refractivity contribution in [2.45, 2.75) is 20.4 Å². The molecule has 1 aromatic heterocycles. The topological polar surface area (TPSA) is 49.8 Å². The zero-order chi connectivity index (χ0) is 16.9. The molecule has 0 saturated heterocycles. The minimum atomic E-state index is -0.229. The molecule has 0 atom stereocenters. The second kappa shape index (κ2) is 7.08. The van der Waals surface area contributed by atoms with Gasteiger partial charge < -0.3 is 10.6 Å². The SMILES string of the molecule is Cc1ccc(Nc2cc(NCc3ccccc3F)ncn2)c(C)c1. The number of aromatic nitrogens is 2. The molecule has 0 bridgehead atoms. The van der Waals surface area contributed by atoms with E-state index >= 15 is 0 Å². The number of anilines is 3. The van der Waals surface area contributed by atoms with Gasteiger partial charge in [0.15, 0.2) is 0 Å². The summed E-state index contributed by atoms with van der Waals surface area (Å²) < 4.78 is 13.7. The smallest absolute Gasteiger partial charge is 0.135 e. The third kappa shape index (κ3) is 3.87. The Morgan fingerprint density at radius 3 is 2.54 bits per heavy atom. The molecule has 3 rings (SSSR count). The van der Waals surface area contributed by atoms with Gasteiger partial charge in [-0.1, -0.05) is 35.9 Å². The first-order chi connectivity index (χ1) is 11.6. The summed E-state index contributed by atoms with van der Waals surface area (Å²) in [5.41, 5.74) is 3.96. The van der Waals surface area contributed by atoms with Crippen molar-refractivity contribution >= 4 is 17.3 Å². The Bertz CT molecular complexity index is 848. The Hall–Kier alpha value is -2.95. The second-order valence-electron chi connectivity index (χ2n) is 5.68. The largest absolute Gasteiger partial charge is 0.366 e. The predicted octanol–water partition coefficient (Wildman–Crippen LogP) is 4.59. The van der Waals surface area contributed by atoms with Gasteiger partial charge in [-0.3, -0.25) is 0 Å². The van der Waals surface area contributed by atoms with Crippen molar-refractivity contribution in [3.63, 3.8) is 0 Å². The molecular weight excluding hydrogens is 303 g/mol. The van der Waals surface area contributed by atoms with E-state index < -0.39 is 0 Å². The average molecular weight is 322 g/mol. The van der Waals surface area contributed by atoms with Crippen LogP contribution in [0.25, 0.3) is 0 Å². The highest BCUT2D eigenvalue weighted by atomic mass is 19.1. The first-order valence-corrected chi connectivity index (χ1v) is 7.75. The number of benzene rings is 2. The van der Waals surface area contributed by atoms with Gasteiger partial charge >= 0.3 is 0 Å². The van der Waals surface area contributed by atoms with Gasteiger partial charge in [-0.15, -0.1) is 0 Å². The standard InChI is InChI=1S/C19H19FN4/c1-13-7-8-17(14(2)9-13)24-19-10-18(22-12-23-19)21-11-15-5-3-4-6-16(15)20/h3-10,12H,11H2,1-2H3,(H2,21,22,23,24). The number of hydrogen-bond acceptors (Lipinski definition) is 4. The van der Waals surface area contributed by atoms with Crippen molar-refractivity contribution in [1.82, 2.24) is 9.97 Å². The second-order valence-corrected chi connectivity index (χ2v) is 5.68. The van der Waals surface area contributed by atoms with Gasteiger partial charge in [-0.05, 0) is 31.5 Å². The number of hydrogen-bond donors (Lipinski definition) is 2. The highest BCUT2D eigenvalue weighted by molar-refractivity contribution is 5.62. The Kier molecular flexibility index (Phi) is 4.70. The Balaban J connectivity index is 1.71. The van der Waals surface area contributed by atoms with Crippen molar-refractivity contribution in [2.75, 3.05) is 10.6 Å². The molecule has 0 fully saturated rings. The molecule has 0 radical (unpaired) electrons. The molecule has 122 valence electrons. The average Bonchev–Trinajstić information content (AvgIpc) is 2.57. The number of nitrogens with zero attached hydrogens (tertiary/aromatic N) is 2. The maximum Gasteiger partial charge on any atom is 0.135 e. The summed E-state index contributed by atoms with van der Waals surface area (Å²) in [6.45, 7) is 4.48. The van der Waals surface area contributed by atoms with E-state index in [1.54, 1.807) is 18.2 Å². The van der Waals surface area contributed by atoms with Crippen LogP contribution < -0.4 is 10.6 Å². The first-order valence-electron chi connectivity index (χ1n) is 7.75. The van der Waals surface area contributed by atoms with Crippen molar-refractivity contribution in [3.05, 3.63) is 77.4 Å². The molecule has 2 N–H and O–H groups in total. The summed E-state index contributed by atoms with van der Waals surface area (Å²) in [5.74, 6) is 1.10. The van der Waals surface area contributed by atoms with Crippen LogP contribution in [0.15, 0.2) is 54.9 Å². The lowest BCUT2D eigenvalue weighted by Gasteiger charge is -2.11. The lowest BCUT2D eigenvalue weighted by atomic mass is 10.1. The molecule has 0 unspecified atom stereocenters. The van der Waals surface area contributed by atoms with Crippen LogP contribution in [0.3, 0.4) is 0 Å². The minimum Gasteiger partial charge on any atom is -0.366 e. The molecule has 4 nitrogen and oxygen atoms in total. The van der Waals surface area contributed by atoms with E-state index in [0.717, 1.165) is 11.3 Å². The van der Waals surface area contributed by atoms with Crippen molar-refractivity contribution in [2.24, 2.45) is 0 Å². The van der Waals surface area contributed by atoms with Crippen LogP contribution in [0.4, 0.5) is 21.7 Å². The zero-order valence-electron chi connectivity index (χ0n) is 13.7. The first kappa shape index (κ1) is 15.9. The van der Waals surface area contributed by atoms with E-state index in [1.165, 1.54) is 18.0 Å². The van der Waals surface area contributed by atoms with Crippen molar-refractivity contribution in [3.8, 4) is 0 Å². The normalized spacial score (nSPS) is 10.5. The minimum absolute atomic E-state index is 0.229. The van der Waals surface area contributed by atoms with Crippen LogP contribution in [-0.4, -0.2) is 9.97 Å². The molecule has 0 aliphatic heterocycles. The van der Waals surface area contributed by atoms with E-state index in [9.17, 15) is 4.39 Å². The molecule has 0 saturated carbocycles. The molecule has 0 spiro atoms. The molecule has 1 heterocycles. The summed E-state index contributed by atoms with van der Waals surface area (Å²) in [4.78, 5) is 8.41. The van der Waals surface area contributed by atoms with E-state index in [2.05, 4.69) is 33.6 Å². The molecule has 0 amide bonds. The van der Waals surface area contributed by atoms with Crippen LogP contribution >= 0.6 is 0 Å². The van der Waals surface area contributed by atoms with Gasteiger partial charge in [0.2, 0.25) is 0 Å². The van der Waals surface area contributed by atoms with Crippen LogP contribution in [0, 0.1) is 19.7 Å². The monoisotopic (exact) mass is 322 g/mol. The van der Waals surface area contributed by atoms with Gasteiger partial charge in [0.25, 0.3) is 0 Å². The van der Waals surface area contributed by atoms with Gasteiger partial charge in [0.1, 0.15) is 23.8 Å². The van der Waals surface area contributed by atoms with Gasteiger partial charge in [0.05, 0.1) is 0 Å². The summed E-state index contributed by atoms with van der Waals surface area (Å²) >= 11 is 0. The van der Waals surface area contributed by atoms with Crippen LogP contribution in [-0.2, 0) is 6.54 Å². The fourth-order valence-electron chi connectivity index (χ4n) is 2.44. The molecule has 5 heteroatoms. The number of aryl methyl sites for hydroxylation is 2. The lowest BCUT2D eigenvalue weighted by molar-refractivity contribution is 0.613. The molecule has 24 heavy (non-hydrogen) atoms. The summed E-state index contributed by atoms with van der Waals surface area (Å²) in [7, 11) is 0. The van der Waals surface area contributed by atoms with E-state index in [1.807, 2.05) is 25.1 Å². The predicted molar refractivity (Wildman–Crippen MR) is 95.0 cm³/mol. The van der Waals surface area contributed by atoms with Gasteiger partial charge in [-0.2, -0.15) is 0 Å². The van der Waals surface area contributed by atoms with Crippen LogP contribution in [0.2, 0.25) is 0 Å². The lowest BCUT2D eigenvalue weighted by Crippen LogP contribution is -2.04. The fraction of sp³-hybridized carbons (Fsp3) is 0.158. The zero-order valence-corrected chi connectivity index (χ0v) is 13.7. The van der Waals surface area contributed by atoms with Gasteiger partial charge in [0, 0.05) is 23.9 Å².